The van der Waals surface area contributed by atoms with Crippen molar-refractivity contribution < 1.29 is 9.53 Å². The van der Waals surface area contributed by atoms with Crippen molar-refractivity contribution in [1.29, 1.82) is 0 Å². The van der Waals surface area contributed by atoms with Crippen LogP contribution < -0.4 is 4.74 Å². The van der Waals surface area contributed by atoms with Gasteiger partial charge in [0.2, 0.25) is 0 Å². The molecule has 1 rings (SSSR count). The second-order valence-electron chi connectivity index (χ2n) is 3.79. The lowest BCUT2D eigenvalue weighted by Gasteiger charge is -2.14. The maximum atomic E-state index is 10.4. The number of aryl methyl sites for hydroxylation is 1. The van der Waals surface area contributed by atoms with Crippen LogP contribution in [0, 0.1) is 13.8 Å². The van der Waals surface area contributed by atoms with E-state index in [1.807, 2.05) is 12.1 Å². The van der Waals surface area contributed by atoms with Crippen LogP contribution in [0.3, 0.4) is 0 Å². The summed E-state index contributed by atoms with van der Waals surface area (Å²) in [7, 11) is 0. The molecule has 2 heteroatoms. The lowest BCUT2D eigenvalue weighted by molar-refractivity contribution is -0.107. The van der Waals surface area contributed by atoms with Crippen molar-refractivity contribution in [2.45, 2.75) is 26.7 Å². The zero-order valence-electron chi connectivity index (χ0n) is 9.95. The minimum atomic E-state index is 0.497. The van der Waals surface area contributed by atoms with Crippen LogP contribution in [-0.4, -0.2) is 12.9 Å². The summed E-state index contributed by atoms with van der Waals surface area (Å²) in [6, 6.07) is 4.00. The summed E-state index contributed by atoms with van der Waals surface area (Å²) in [6.45, 7) is 8.26. The Hall–Kier alpha value is -1.57. The Balaban J connectivity index is 3.00. The number of hydrogen-bond acceptors (Lipinski definition) is 2. The zero-order valence-corrected chi connectivity index (χ0v) is 9.95. The predicted molar refractivity (Wildman–Crippen MR) is 66.0 cm³/mol. The molecule has 0 spiro atoms. The lowest BCUT2D eigenvalue weighted by Crippen LogP contribution is -2.01. The first-order valence-corrected chi connectivity index (χ1v) is 5.47. The van der Waals surface area contributed by atoms with Gasteiger partial charge in [0.15, 0.2) is 0 Å². The minimum absolute atomic E-state index is 0.497. The Morgan fingerprint density at radius 1 is 1.38 bits per heavy atom. The summed E-state index contributed by atoms with van der Waals surface area (Å²) in [5.74, 6) is 0.866. The SMILES string of the molecule is C=CCOc1ccc(C)c(C)c1CCC=O. The van der Waals surface area contributed by atoms with E-state index in [2.05, 4.69) is 20.4 Å². The normalized spacial score (nSPS) is 9.88. The maximum Gasteiger partial charge on any atom is 0.123 e. The number of carbonyl (C=O) groups is 1. The van der Waals surface area contributed by atoms with Gasteiger partial charge in [-0.3, -0.25) is 0 Å². The summed E-state index contributed by atoms with van der Waals surface area (Å²) in [4.78, 5) is 10.4. The number of benzene rings is 1. The highest BCUT2D eigenvalue weighted by molar-refractivity contribution is 5.52. The van der Waals surface area contributed by atoms with Gasteiger partial charge in [-0.15, -0.1) is 0 Å². The predicted octanol–water partition coefficient (Wildman–Crippen LogP) is 3.00. The quantitative estimate of drug-likeness (QED) is 0.542. The summed E-state index contributed by atoms with van der Waals surface area (Å²) in [5, 5.41) is 0. The summed E-state index contributed by atoms with van der Waals surface area (Å²) >= 11 is 0. The van der Waals surface area contributed by atoms with Crippen LogP contribution in [0.15, 0.2) is 24.8 Å². The van der Waals surface area contributed by atoms with Gasteiger partial charge < -0.3 is 9.53 Å². The molecule has 0 aliphatic rings. The van der Waals surface area contributed by atoms with E-state index in [0.717, 1.165) is 24.0 Å². The molecule has 0 fully saturated rings. The molecular weight excluding hydrogens is 200 g/mol. The van der Waals surface area contributed by atoms with Gasteiger partial charge in [0, 0.05) is 6.42 Å². The molecule has 0 unspecified atom stereocenters. The van der Waals surface area contributed by atoms with E-state index in [4.69, 9.17) is 4.74 Å². The van der Waals surface area contributed by atoms with Crippen molar-refractivity contribution in [3.05, 3.63) is 41.5 Å². The molecule has 0 amide bonds. The van der Waals surface area contributed by atoms with Gasteiger partial charge in [-0.2, -0.15) is 0 Å². The number of hydrogen-bond donors (Lipinski definition) is 0. The molecule has 0 aliphatic carbocycles. The van der Waals surface area contributed by atoms with Crippen molar-refractivity contribution in [1.82, 2.24) is 0 Å². The van der Waals surface area contributed by atoms with Gasteiger partial charge in [0.05, 0.1) is 0 Å². The number of aldehydes is 1. The van der Waals surface area contributed by atoms with Crippen LogP contribution in [0.1, 0.15) is 23.1 Å². The average molecular weight is 218 g/mol. The second kappa shape index (κ2) is 6.11. The third kappa shape index (κ3) is 2.96. The van der Waals surface area contributed by atoms with Gasteiger partial charge in [0.1, 0.15) is 18.6 Å². The third-order valence-electron chi connectivity index (χ3n) is 2.70. The Labute approximate surface area is 96.9 Å². The summed E-state index contributed by atoms with van der Waals surface area (Å²) in [5.41, 5.74) is 3.57. The van der Waals surface area contributed by atoms with E-state index >= 15 is 0 Å². The molecule has 0 aromatic heterocycles. The molecule has 0 aliphatic heterocycles. The molecule has 1 aromatic carbocycles. The van der Waals surface area contributed by atoms with Gasteiger partial charge in [-0.1, -0.05) is 18.7 Å². The Bertz CT molecular complexity index is 381. The fourth-order valence-corrected chi connectivity index (χ4v) is 1.65. The first-order chi connectivity index (χ1) is 7.70. The fraction of sp³-hybridized carbons (Fsp3) is 0.357. The van der Waals surface area contributed by atoms with Crippen molar-refractivity contribution in [3.63, 3.8) is 0 Å². The van der Waals surface area contributed by atoms with E-state index < -0.39 is 0 Å². The Morgan fingerprint density at radius 3 is 2.75 bits per heavy atom. The molecule has 0 heterocycles. The van der Waals surface area contributed by atoms with Crippen LogP contribution in [0.25, 0.3) is 0 Å². The number of carbonyl (C=O) groups excluding carboxylic acids is 1. The largest absolute Gasteiger partial charge is 0.489 e. The van der Waals surface area contributed by atoms with E-state index in [1.54, 1.807) is 6.08 Å². The molecule has 86 valence electrons. The van der Waals surface area contributed by atoms with Crippen molar-refractivity contribution in [2.75, 3.05) is 6.61 Å². The van der Waals surface area contributed by atoms with Gasteiger partial charge in [-0.25, -0.2) is 0 Å². The van der Waals surface area contributed by atoms with Crippen molar-refractivity contribution in [3.8, 4) is 5.75 Å². The van der Waals surface area contributed by atoms with Crippen molar-refractivity contribution >= 4 is 6.29 Å². The molecule has 0 atom stereocenters. The smallest absolute Gasteiger partial charge is 0.123 e. The van der Waals surface area contributed by atoms with Crippen LogP contribution in [0.4, 0.5) is 0 Å². The summed E-state index contributed by atoms with van der Waals surface area (Å²) in [6.07, 6.45) is 3.94. The average Bonchev–Trinajstić information content (AvgIpc) is 2.29. The van der Waals surface area contributed by atoms with Crippen LogP contribution in [0.2, 0.25) is 0 Å². The molecule has 0 bridgehead atoms. The van der Waals surface area contributed by atoms with E-state index in [0.29, 0.717) is 13.0 Å². The standard InChI is InChI=1S/C14H18O2/c1-4-10-16-14-8-7-11(2)12(3)13(14)6-5-9-15/h4,7-9H,1,5-6,10H2,2-3H3. The highest BCUT2D eigenvalue weighted by Crippen LogP contribution is 2.26. The van der Waals surface area contributed by atoms with Crippen molar-refractivity contribution in [2.24, 2.45) is 0 Å². The van der Waals surface area contributed by atoms with E-state index in [1.165, 1.54) is 11.1 Å². The molecule has 1 aromatic rings. The number of rotatable bonds is 6. The van der Waals surface area contributed by atoms with Crippen LogP contribution in [-0.2, 0) is 11.2 Å². The number of ether oxygens (including phenoxy) is 1. The fourth-order valence-electron chi connectivity index (χ4n) is 1.65. The van der Waals surface area contributed by atoms with E-state index in [-0.39, 0.29) is 0 Å². The maximum absolute atomic E-state index is 10.4. The molecule has 0 saturated heterocycles. The summed E-state index contributed by atoms with van der Waals surface area (Å²) < 4.78 is 5.59. The highest BCUT2D eigenvalue weighted by atomic mass is 16.5. The zero-order chi connectivity index (χ0) is 12.0. The minimum Gasteiger partial charge on any atom is -0.489 e. The molecular formula is C14H18O2. The second-order valence-corrected chi connectivity index (χ2v) is 3.79. The topological polar surface area (TPSA) is 26.3 Å². The van der Waals surface area contributed by atoms with Gasteiger partial charge in [0.25, 0.3) is 0 Å². The van der Waals surface area contributed by atoms with Crippen LogP contribution in [0.5, 0.6) is 5.75 Å². The first-order valence-electron chi connectivity index (χ1n) is 5.47. The van der Waals surface area contributed by atoms with Crippen LogP contribution >= 0.6 is 0 Å². The first kappa shape index (κ1) is 12.5. The third-order valence-corrected chi connectivity index (χ3v) is 2.70. The molecule has 16 heavy (non-hydrogen) atoms. The highest BCUT2D eigenvalue weighted by Gasteiger charge is 2.08. The van der Waals surface area contributed by atoms with E-state index in [9.17, 15) is 4.79 Å². The molecule has 0 radical (unpaired) electrons. The monoisotopic (exact) mass is 218 g/mol. The molecule has 0 N–H and O–H groups in total. The molecule has 2 nitrogen and oxygen atoms in total. The Morgan fingerprint density at radius 2 is 2.12 bits per heavy atom. The Kier molecular flexibility index (Phi) is 4.77. The lowest BCUT2D eigenvalue weighted by atomic mass is 9.99. The molecule has 0 saturated carbocycles. The van der Waals surface area contributed by atoms with Gasteiger partial charge in [-0.05, 0) is 43.0 Å². The van der Waals surface area contributed by atoms with Gasteiger partial charge >= 0.3 is 0 Å².